The van der Waals surface area contributed by atoms with E-state index in [1.807, 2.05) is 6.08 Å². The molecule has 1 nitrogen and oxygen atoms in total. The SMILES string of the molecule is C=C[C@@H](CCC)[C@@](C)(CCC)C(=O)CCC. The predicted octanol–water partition coefficient (Wildman–Crippen LogP) is 4.76. The molecule has 0 spiro atoms. The molecular weight excluding hydrogens is 196 g/mol. The summed E-state index contributed by atoms with van der Waals surface area (Å²) in [6, 6.07) is 0. The number of rotatable bonds is 9. The van der Waals surface area contributed by atoms with Crippen molar-refractivity contribution in [1.82, 2.24) is 0 Å². The highest BCUT2D eigenvalue weighted by atomic mass is 16.1. The summed E-state index contributed by atoms with van der Waals surface area (Å²) < 4.78 is 0. The van der Waals surface area contributed by atoms with Gasteiger partial charge in [-0.05, 0) is 25.2 Å². The normalized spacial score (nSPS) is 16.5. The molecule has 0 fully saturated rings. The quantitative estimate of drug-likeness (QED) is 0.516. The largest absolute Gasteiger partial charge is 0.299 e. The van der Waals surface area contributed by atoms with Crippen LogP contribution in [-0.4, -0.2) is 5.78 Å². The minimum absolute atomic E-state index is 0.178. The maximum atomic E-state index is 12.3. The summed E-state index contributed by atoms with van der Waals surface area (Å²) in [5, 5.41) is 0. The van der Waals surface area contributed by atoms with Crippen molar-refractivity contribution in [3.05, 3.63) is 12.7 Å². The fourth-order valence-corrected chi connectivity index (χ4v) is 2.57. The van der Waals surface area contributed by atoms with Gasteiger partial charge in [0.25, 0.3) is 0 Å². The molecule has 2 atom stereocenters. The van der Waals surface area contributed by atoms with Crippen molar-refractivity contribution in [2.75, 3.05) is 0 Å². The molecule has 0 saturated heterocycles. The summed E-state index contributed by atoms with van der Waals surface area (Å²) in [7, 11) is 0. The van der Waals surface area contributed by atoms with Crippen LogP contribution in [0.15, 0.2) is 12.7 Å². The molecular formula is C15H28O. The minimum Gasteiger partial charge on any atom is -0.299 e. The molecule has 1 heteroatoms. The molecule has 0 heterocycles. The van der Waals surface area contributed by atoms with Gasteiger partial charge in [-0.25, -0.2) is 0 Å². The molecule has 0 bridgehead atoms. The number of ketones is 1. The molecule has 0 aliphatic heterocycles. The topological polar surface area (TPSA) is 17.1 Å². The maximum Gasteiger partial charge on any atom is 0.139 e. The standard InChI is InChI=1S/C15H28O/c1-6-10-13(9-4)15(5,12-8-3)14(16)11-7-2/h9,13H,4,6-8,10-12H2,1-3,5H3/t13-,15+/m0/s1. The lowest BCUT2D eigenvalue weighted by atomic mass is 9.68. The lowest BCUT2D eigenvalue weighted by Gasteiger charge is -2.34. The van der Waals surface area contributed by atoms with E-state index in [1.54, 1.807) is 0 Å². The molecule has 0 aliphatic carbocycles. The van der Waals surface area contributed by atoms with E-state index >= 15 is 0 Å². The molecule has 0 saturated carbocycles. The van der Waals surface area contributed by atoms with E-state index in [0.29, 0.717) is 18.1 Å². The van der Waals surface area contributed by atoms with E-state index in [4.69, 9.17) is 0 Å². The van der Waals surface area contributed by atoms with Crippen molar-refractivity contribution in [2.45, 2.75) is 66.2 Å². The van der Waals surface area contributed by atoms with Crippen LogP contribution in [-0.2, 0) is 4.79 Å². The van der Waals surface area contributed by atoms with Gasteiger partial charge in [0, 0.05) is 11.8 Å². The van der Waals surface area contributed by atoms with E-state index in [1.165, 1.54) is 0 Å². The Bertz CT molecular complexity index is 219. The average molecular weight is 224 g/mol. The molecule has 0 unspecified atom stereocenters. The Morgan fingerprint density at radius 1 is 1.25 bits per heavy atom. The molecule has 0 aromatic heterocycles. The van der Waals surface area contributed by atoms with Crippen LogP contribution in [0.1, 0.15) is 66.2 Å². The van der Waals surface area contributed by atoms with Crippen molar-refractivity contribution in [3.63, 3.8) is 0 Å². The zero-order valence-corrected chi connectivity index (χ0v) is 11.5. The highest BCUT2D eigenvalue weighted by Crippen LogP contribution is 2.38. The number of carbonyl (C=O) groups excluding carboxylic acids is 1. The minimum atomic E-state index is -0.178. The molecule has 0 rings (SSSR count). The number of carbonyl (C=O) groups is 1. The van der Waals surface area contributed by atoms with E-state index in [0.717, 1.165) is 32.1 Å². The Balaban J connectivity index is 4.88. The van der Waals surface area contributed by atoms with Crippen molar-refractivity contribution >= 4 is 5.78 Å². The number of allylic oxidation sites excluding steroid dienone is 1. The fourth-order valence-electron chi connectivity index (χ4n) is 2.57. The fraction of sp³-hybridized carbons (Fsp3) is 0.800. The lowest BCUT2D eigenvalue weighted by molar-refractivity contribution is -0.130. The zero-order chi connectivity index (χ0) is 12.6. The van der Waals surface area contributed by atoms with Gasteiger partial charge in [0.15, 0.2) is 0 Å². The predicted molar refractivity (Wildman–Crippen MR) is 71.5 cm³/mol. The second-order valence-corrected chi connectivity index (χ2v) is 4.97. The van der Waals surface area contributed by atoms with Gasteiger partial charge >= 0.3 is 0 Å². The summed E-state index contributed by atoms with van der Waals surface area (Å²) >= 11 is 0. The first-order valence-corrected chi connectivity index (χ1v) is 6.72. The zero-order valence-electron chi connectivity index (χ0n) is 11.5. The van der Waals surface area contributed by atoms with E-state index < -0.39 is 0 Å². The first-order chi connectivity index (χ1) is 7.56. The van der Waals surface area contributed by atoms with Crippen LogP contribution < -0.4 is 0 Å². The van der Waals surface area contributed by atoms with Crippen molar-refractivity contribution < 1.29 is 4.79 Å². The molecule has 0 N–H and O–H groups in total. The van der Waals surface area contributed by atoms with Crippen LogP contribution in [0, 0.1) is 11.3 Å². The van der Waals surface area contributed by atoms with Crippen LogP contribution in [0.2, 0.25) is 0 Å². The van der Waals surface area contributed by atoms with Gasteiger partial charge in [0.2, 0.25) is 0 Å². The van der Waals surface area contributed by atoms with E-state index in [2.05, 4.69) is 34.3 Å². The number of Topliss-reactive ketones (excluding diaryl/α,β-unsaturated/α-hetero) is 1. The van der Waals surface area contributed by atoms with Gasteiger partial charge in [-0.15, -0.1) is 6.58 Å². The molecule has 0 radical (unpaired) electrons. The summed E-state index contributed by atoms with van der Waals surface area (Å²) in [6.07, 6.45) is 7.92. The third kappa shape index (κ3) is 3.77. The molecule has 0 aliphatic rings. The number of hydrogen-bond donors (Lipinski definition) is 0. The molecule has 16 heavy (non-hydrogen) atoms. The molecule has 0 amide bonds. The van der Waals surface area contributed by atoms with Gasteiger partial charge < -0.3 is 0 Å². The van der Waals surface area contributed by atoms with E-state index in [9.17, 15) is 4.79 Å². The Morgan fingerprint density at radius 2 is 1.88 bits per heavy atom. The summed E-state index contributed by atoms with van der Waals surface area (Å²) in [4.78, 5) is 12.3. The smallest absolute Gasteiger partial charge is 0.139 e. The van der Waals surface area contributed by atoms with Crippen LogP contribution in [0.25, 0.3) is 0 Å². The van der Waals surface area contributed by atoms with Gasteiger partial charge in [-0.2, -0.15) is 0 Å². The van der Waals surface area contributed by atoms with Gasteiger partial charge in [0.05, 0.1) is 0 Å². The number of hydrogen-bond acceptors (Lipinski definition) is 1. The van der Waals surface area contributed by atoms with E-state index in [-0.39, 0.29) is 5.41 Å². The average Bonchev–Trinajstić information content (AvgIpc) is 2.26. The third-order valence-corrected chi connectivity index (χ3v) is 3.59. The van der Waals surface area contributed by atoms with Crippen LogP contribution in [0.4, 0.5) is 0 Å². The molecule has 94 valence electrons. The highest BCUT2D eigenvalue weighted by Gasteiger charge is 2.37. The monoisotopic (exact) mass is 224 g/mol. The van der Waals surface area contributed by atoms with Crippen LogP contribution >= 0.6 is 0 Å². The lowest BCUT2D eigenvalue weighted by Crippen LogP contribution is -2.35. The van der Waals surface area contributed by atoms with Gasteiger partial charge in [-0.3, -0.25) is 4.79 Å². The highest BCUT2D eigenvalue weighted by molar-refractivity contribution is 5.85. The third-order valence-electron chi connectivity index (χ3n) is 3.59. The van der Waals surface area contributed by atoms with Crippen molar-refractivity contribution in [2.24, 2.45) is 11.3 Å². The Morgan fingerprint density at radius 3 is 2.25 bits per heavy atom. The summed E-state index contributed by atoms with van der Waals surface area (Å²) in [5.74, 6) is 0.770. The molecule has 0 aromatic rings. The first-order valence-electron chi connectivity index (χ1n) is 6.72. The maximum absolute atomic E-state index is 12.3. The Hall–Kier alpha value is -0.590. The summed E-state index contributed by atoms with van der Waals surface area (Å²) in [6.45, 7) is 12.5. The van der Waals surface area contributed by atoms with Crippen LogP contribution in [0.3, 0.4) is 0 Å². The Kier molecular flexibility index (Phi) is 7.36. The molecule has 0 aromatic carbocycles. The Labute approximate surface area is 101 Å². The summed E-state index contributed by atoms with van der Waals surface area (Å²) in [5.41, 5.74) is -0.178. The van der Waals surface area contributed by atoms with Gasteiger partial charge in [-0.1, -0.05) is 46.6 Å². The second kappa shape index (κ2) is 7.65. The van der Waals surface area contributed by atoms with Crippen molar-refractivity contribution in [3.8, 4) is 0 Å². The van der Waals surface area contributed by atoms with Gasteiger partial charge in [0.1, 0.15) is 5.78 Å². The first kappa shape index (κ1) is 15.4. The van der Waals surface area contributed by atoms with Crippen LogP contribution in [0.5, 0.6) is 0 Å². The van der Waals surface area contributed by atoms with Crippen molar-refractivity contribution in [1.29, 1.82) is 0 Å². The second-order valence-electron chi connectivity index (χ2n) is 4.97.